The van der Waals surface area contributed by atoms with E-state index in [2.05, 4.69) is 0 Å². The predicted octanol–water partition coefficient (Wildman–Crippen LogP) is 1.32. The molecule has 1 aliphatic rings. The number of alkyl halides is 1. The van der Waals surface area contributed by atoms with E-state index in [0.717, 1.165) is 0 Å². The number of rotatable bonds is 6. The summed E-state index contributed by atoms with van der Waals surface area (Å²) in [6, 6.07) is 0. The summed E-state index contributed by atoms with van der Waals surface area (Å²) in [4.78, 5) is 11.9. The number of ether oxygens (including phenoxy) is 5. The first-order valence-electron chi connectivity index (χ1n) is 6.81. The molecule has 0 bridgehead atoms. The van der Waals surface area contributed by atoms with Crippen molar-refractivity contribution in [1.29, 1.82) is 0 Å². The van der Waals surface area contributed by atoms with Crippen molar-refractivity contribution in [2.45, 2.75) is 51.5 Å². The van der Waals surface area contributed by atoms with Crippen LogP contribution in [0.25, 0.3) is 0 Å². The molecule has 0 spiro atoms. The zero-order valence-corrected chi connectivity index (χ0v) is 13.4. The third-order valence-corrected chi connectivity index (χ3v) is 3.32. The minimum Gasteiger partial charge on any atom is -0.453 e. The van der Waals surface area contributed by atoms with Crippen molar-refractivity contribution in [2.24, 2.45) is 5.41 Å². The summed E-state index contributed by atoms with van der Waals surface area (Å²) < 4.78 is 40.1. The lowest BCUT2D eigenvalue weighted by Crippen LogP contribution is -2.45. The van der Waals surface area contributed by atoms with Gasteiger partial charge in [-0.2, -0.15) is 0 Å². The van der Waals surface area contributed by atoms with Crippen LogP contribution in [0.2, 0.25) is 0 Å². The predicted molar refractivity (Wildman–Crippen MR) is 72.6 cm³/mol. The van der Waals surface area contributed by atoms with Crippen LogP contribution in [0.3, 0.4) is 0 Å². The van der Waals surface area contributed by atoms with E-state index in [1.165, 1.54) is 21.3 Å². The van der Waals surface area contributed by atoms with Crippen LogP contribution in [-0.2, 0) is 28.5 Å². The molecule has 21 heavy (non-hydrogen) atoms. The van der Waals surface area contributed by atoms with Gasteiger partial charge >= 0.3 is 5.97 Å². The summed E-state index contributed by atoms with van der Waals surface area (Å²) >= 11 is 0. The third kappa shape index (κ3) is 4.35. The van der Waals surface area contributed by atoms with Gasteiger partial charge in [-0.05, 0) is 20.8 Å². The molecule has 1 saturated heterocycles. The molecule has 7 heteroatoms. The summed E-state index contributed by atoms with van der Waals surface area (Å²) in [5.74, 6) is -0.512. The Morgan fingerprint density at radius 2 is 1.86 bits per heavy atom. The van der Waals surface area contributed by atoms with Crippen molar-refractivity contribution >= 4 is 5.97 Å². The van der Waals surface area contributed by atoms with Crippen LogP contribution in [0.1, 0.15) is 20.8 Å². The van der Waals surface area contributed by atoms with E-state index < -0.39 is 42.2 Å². The van der Waals surface area contributed by atoms with Gasteiger partial charge in [-0.15, -0.1) is 0 Å². The highest BCUT2D eigenvalue weighted by atomic mass is 19.1. The molecule has 1 heterocycles. The molecule has 0 radical (unpaired) electrons. The van der Waals surface area contributed by atoms with Gasteiger partial charge < -0.3 is 23.7 Å². The highest BCUT2D eigenvalue weighted by molar-refractivity contribution is 5.75. The molecule has 0 aliphatic carbocycles. The third-order valence-electron chi connectivity index (χ3n) is 3.32. The Balaban J connectivity index is 2.84. The zero-order chi connectivity index (χ0) is 16.2. The molecule has 0 N–H and O–H groups in total. The molecule has 0 aromatic heterocycles. The summed E-state index contributed by atoms with van der Waals surface area (Å²) in [5.41, 5.74) is -0.733. The number of carbonyl (C=O) groups excluding carboxylic acids is 1. The van der Waals surface area contributed by atoms with E-state index in [1.807, 2.05) is 0 Å². The SMILES string of the molecule is COC[C@@H](OC)[C@H]1O[C@H](F)[C@H](OC(=O)C(C)(C)C)[C@H]1OC. The molecule has 0 unspecified atom stereocenters. The fourth-order valence-electron chi connectivity index (χ4n) is 2.09. The zero-order valence-electron chi connectivity index (χ0n) is 13.4. The number of carbonyl (C=O) groups is 1. The van der Waals surface area contributed by atoms with Crippen LogP contribution in [0.4, 0.5) is 4.39 Å². The number of halogens is 1. The first-order chi connectivity index (χ1) is 9.76. The molecule has 1 aliphatic heterocycles. The van der Waals surface area contributed by atoms with Crippen LogP contribution in [0, 0.1) is 5.41 Å². The monoisotopic (exact) mass is 308 g/mol. The van der Waals surface area contributed by atoms with Crippen molar-refractivity contribution in [1.82, 2.24) is 0 Å². The molecule has 6 nitrogen and oxygen atoms in total. The smallest absolute Gasteiger partial charge is 0.311 e. The summed E-state index contributed by atoms with van der Waals surface area (Å²) in [7, 11) is 4.39. The van der Waals surface area contributed by atoms with Crippen LogP contribution in [0.15, 0.2) is 0 Å². The Hall–Kier alpha value is -0.760. The lowest BCUT2D eigenvalue weighted by Gasteiger charge is -2.27. The second-order valence-corrected chi connectivity index (χ2v) is 6.00. The topological polar surface area (TPSA) is 63.2 Å². The van der Waals surface area contributed by atoms with Gasteiger partial charge in [0.2, 0.25) is 6.36 Å². The Morgan fingerprint density at radius 3 is 2.29 bits per heavy atom. The molecule has 0 amide bonds. The molecule has 0 saturated carbocycles. The van der Waals surface area contributed by atoms with E-state index in [1.54, 1.807) is 20.8 Å². The van der Waals surface area contributed by atoms with Gasteiger partial charge in [-0.25, -0.2) is 4.39 Å². The molecule has 0 aromatic rings. The number of esters is 1. The van der Waals surface area contributed by atoms with Gasteiger partial charge in [-0.1, -0.05) is 0 Å². The second-order valence-electron chi connectivity index (χ2n) is 6.00. The average Bonchev–Trinajstić information content (AvgIpc) is 2.71. The van der Waals surface area contributed by atoms with Crippen molar-refractivity contribution in [2.75, 3.05) is 27.9 Å². The number of hydrogen-bond donors (Lipinski definition) is 0. The Kier molecular flexibility index (Phi) is 6.52. The van der Waals surface area contributed by atoms with E-state index in [4.69, 9.17) is 23.7 Å². The maximum absolute atomic E-state index is 14.1. The highest BCUT2D eigenvalue weighted by Crippen LogP contribution is 2.31. The molecule has 1 rings (SSSR count). The summed E-state index contributed by atoms with van der Waals surface area (Å²) in [6.07, 6.45) is -4.88. The fraction of sp³-hybridized carbons (Fsp3) is 0.929. The maximum atomic E-state index is 14.1. The minimum absolute atomic E-state index is 0.216. The molecule has 1 fully saturated rings. The standard InChI is InChI=1S/C14H25FO6/c1-14(2,3)13(16)21-11-10(19-6)9(20-12(11)15)8(18-5)7-17-4/h8-12H,7H2,1-6H3/t8-,9-,10+,11-,12+/m1/s1. The van der Waals surface area contributed by atoms with Crippen LogP contribution in [-0.4, -0.2) is 64.7 Å². The Labute approximate surface area is 124 Å². The van der Waals surface area contributed by atoms with Gasteiger partial charge in [0.1, 0.15) is 18.3 Å². The van der Waals surface area contributed by atoms with Gasteiger partial charge in [0, 0.05) is 21.3 Å². The maximum Gasteiger partial charge on any atom is 0.311 e. The van der Waals surface area contributed by atoms with Crippen molar-refractivity contribution < 1.29 is 32.9 Å². The molecule has 5 atom stereocenters. The first kappa shape index (κ1) is 18.3. The van der Waals surface area contributed by atoms with E-state index in [9.17, 15) is 9.18 Å². The van der Waals surface area contributed by atoms with E-state index in [-0.39, 0.29) is 6.61 Å². The Bertz CT molecular complexity index is 343. The minimum atomic E-state index is -1.76. The summed E-state index contributed by atoms with van der Waals surface area (Å²) in [5, 5.41) is 0. The lowest BCUT2D eigenvalue weighted by molar-refractivity contribution is -0.171. The number of hydrogen-bond acceptors (Lipinski definition) is 6. The van der Waals surface area contributed by atoms with Crippen LogP contribution >= 0.6 is 0 Å². The second kappa shape index (κ2) is 7.49. The largest absolute Gasteiger partial charge is 0.453 e. The molecule has 0 aromatic carbocycles. The van der Waals surface area contributed by atoms with Crippen LogP contribution < -0.4 is 0 Å². The van der Waals surface area contributed by atoms with Crippen molar-refractivity contribution in [3.05, 3.63) is 0 Å². The van der Waals surface area contributed by atoms with E-state index >= 15 is 0 Å². The lowest BCUT2D eigenvalue weighted by atomic mass is 9.97. The molecule has 124 valence electrons. The van der Waals surface area contributed by atoms with Gasteiger partial charge in [0.05, 0.1) is 12.0 Å². The van der Waals surface area contributed by atoms with Crippen molar-refractivity contribution in [3.63, 3.8) is 0 Å². The quantitative estimate of drug-likeness (QED) is 0.690. The summed E-state index contributed by atoms with van der Waals surface area (Å²) in [6.45, 7) is 5.30. The normalized spacial score (nSPS) is 31.2. The van der Waals surface area contributed by atoms with Gasteiger partial charge in [0.25, 0.3) is 0 Å². The van der Waals surface area contributed by atoms with Gasteiger partial charge in [0.15, 0.2) is 6.10 Å². The Morgan fingerprint density at radius 1 is 1.24 bits per heavy atom. The van der Waals surface area contributed by atoms with E-state index in [0.29, 0.717) is 0 Å². The van der Waals surface area contributed by atoms with Crippen molar-refractivity contribution in [3.8, 4) is 0 Å². The molecular weight excluding hydrogens is 283 g/mol. The fourth-order valence-corrected chi connectivity index (χ4v) is 2.09. The highest BCUT2D eigenvalue weighted by Gasteiger charge is 2.51. The average molecular weight is 308 g/mol. The van der Waals surface area contributed by atoms with Gasteiger partial charge in [-0.3, -0.25) is 4.79 Å². The number of methoxy groups -OCH3 is 3. The molecular formula is C14H25FO6. The first-order valence-corrected chi connectivity index (χ1v) is 6.81. The van der Waals surface area contributed by atoms with Crippen LogP contribution in [0.5, 0.6) is 0 Å².